The second-order valence-electron chi connectivity index (χ2n) is 4.93. The van der Waals surface area contributed by atoms with Gasteiger partial charge in [-0.2, -0.15) is 0 Å². The molecule has 2 nitrogen and oxygen atoms in total. The van der Waals surface area contributed by atoms with Crippen LogP contribution < -0.4 is 0 Å². The van der Waals surface area contributed by atoms with E-state index in [4.69, 9.17) is 12.2 Å². The second-order valence-corrected chi connectivity index (χ2v) is 5.32. The van der Waals surface area contributed by atoms with Crippen molar-refractivity contribution in [3.05, 3.63) is 11.3 Å². The largest absolute Gasteiger partial charge is 0.361 e. The van der Waals surface area contributed by atoms with Crippen LogP contribution in [-0.2, 0) is 0 Å². The van der Waals surface area contributed by atoms with Gasteiger partial charge in [-0.15, -0.1) is 0 Å². The lowest BCUT2D eigenvalue weighted by atomic mass is 10.0. The molecule has 0 unspecified atom stereocenters. The van der Waals surface area contributed by atoms with Crippen LogP contribution in [0.5, 0.6) is 0 Å². The number of hydrogen-bond donors (Lipinski definition) is 0. The molecule has 1 heterocycles. The molecule has 96 valence electrons. The highest BCUT2D eigenvalue weighted by Gasteiger charge is 2.25. The number of thiocarbonyl (C=S) groups is 1. The van der Waals surface area contributed by atoms with Crippen molar-refractivity contribution in [2.45, 2.75) is 47.0 Å². The van der Waals surface area contributed by atoms with E-state index >= 15 is 0 Å². The molecule has 0 N–H and O–H groups in total. The summed E-state index contributed by atoms with van der Waals surface area (Å²) >= 11 is 5.57. The van der Waals surface area contributed by atoms with E-state index in [0.717, 1.165) is 29.7 Å². The zero-order chi connectivity index (χ0) is 12.8. The van der Waals surface area contributed by atoms with Crippen molar-refractivity contribution in [3.63, 3.8) is 0 Å². The predicted octanol–water partition coefficient (Wildman–Crippen LogP) is 3.82. The molecule has 0 saturated carbocycles. The molecule has 1 saturated heterocycles. The number of nitrogens with zero attached hydrogens (tertiary/aromatic N) is 2. The molecule has 1 aliphatic heterocycles. The molecule has 0 spiro atoms. The number of aliphatic imine (C=N–C) groups is 1. The van der Waals surface area contributed by atoms with E-state index in [9.17, 15) is 0 Å². The highest BCUT2D eigenvalue weighted by Crippen LogP contribution is 2.24. The molecule has 0 aliphatic carbocycles. The fraction of sp³-hybridized carbons (Fsp3) is 0.714. The van der Waals surface area contributed by atoms with Crippen molar-refractivity contribution in [2.75, 3.05) is 13.1 Å². The van der Waals surface area contributed by atoms with Gasteiger partial charge in [-0.05, 0) is 45.1 Å². The van der Waals surface area contributed by atoms with E-state index in [1.54, 1.807) is 0 Å². The van der Waals surface area contributed by atoms with Crippen LogP contribution in [0.2, 0.25) is 0 Å². The topological polar surface area (TPSA) is 15.6 Å². The van der Waals surface area contributed by atoms with Crippen LogP contribution >= 0.6 is 12.2 Å². The molecular weight excluding hydrogens is 228 g/mol. The van der Waals surface area contributed by atoms with Crippen LogP contribution in [0, 0.1) is 5.92 Å². The molecule has 0 amide bonds. The Bertz CT molecular complexity index is 327. The molecule has 0 radical (unpaired) electrons. The standard InChI is InChI=1S/C14H24N2S/c1-5-7-12-8-9-16(10-12)14(17)13(11(3)4)15-6-2/h6,12H,5,7-10H2,1-4H3/t12-/m1/s1. The van der Waals surface area contributed by atoms with E-state index in [0.29, 0.717) is 0 Å². The Morgan fingerprint density at radius 2 is 2.18 bits per heavy atom. The van der Waals surface area contributed by atoms with Gasteiger partial charge in [-0.25, -0.2) is 0 Å². The maximum absolute atomic E-state index is 5.57. The first-order chi connectivity index (χ1) is 8.10. The van der Waals surface area contributed by atoms with Crippen molar-refractivity contribution in [3.8, 4) is 0 Å². The number of likely N-dealkylation sites (tertiary alicyclic amines) is 1. The highest BCUT2D eigenvalue weighted by atomic mass is 32.1. The minimum absolute atomic E-state index is 0.821. The fourth-order valence-corrected chi connectivity index (χ4v) is 2.76. The van der Waals surface area contributed by atoms with Gasteiger partial charge >= 0.3 is 0 Å². The summed E-state index contributed by atoms with van der Waals surface area (Å²) in [5, 5.41) is 0. The normalized spacial score (nSPS) is 20.0. The van der Waals surface area contributed by atoms with Gasteiger partial charge in [0.25, 0.3) is 0 Å². The molecule has 3 heteroatoms. The van der Waals surface area contributed by atoms with E-state index in [2.05, 4.69) is 30.7 Å². The van der Waals surface area contributed by atoms with Crippen LogP contribution in [-0.4, -0.2) is 29.2 Å². The average Bonchev–Trinajstić information content (AvgIpc) is 2.73. The Kier molecular flexibility index (Phi) is 5.83. The maximum Gasteiger partial charge on any atom is 0.127 e. The SMILES string of the molecule is CC=NC(C(=S)N1CC[C@@H](CCC)C1)=C(C)C. The Morgan fingerprint density at radius 1 is 1.47 bits per heavy atom. The number of hydrogen-bond acceptors (Lipinski definition) is 2. The first-order valence-electron chi connectivity index (χ1n) is 6.55. The lowest BCUT2D eigenvalue weighted by molar-refractivity contribution is 0.463. The Hall–Kier alpha value is -0.700. The molecule has 1 atom stereocenters. The third-order valence-corrected chi connectivity index (χ3v) is 3.66. The van der Waals surface area contributed by atoms with Gasteiger partial charge in [-0.1, -0.05) is 25.6 Å². The summed E-state index contributed by atoms with van der Waals surface area (Å²) < 4.78 is 0. The van der Waals surface area contributed by atoms with Crippen LogP contribution in [0.3, 0.4) is 0 Å². The van der Waals surface area contributed by atoms with Crippen molar-refractivity contribution in [1.82, 2.24) is 4.90 Å². The molecule has 0 aromatic carbocycles. The minimum atomic E-state index is 0.821. The maximum atomic E-state index is 5.57. The smallest absolute Gasteiger partial charge is 0.127 e. The van der Waals surface area contributed by atoms with E-state index in [-0.39, 0.29) is 0 Å². The molecule has 1 aliphatic rings. The van der Waals surface area contributed by atoms with E-state index in [1.165, 1.54) is 24.8 Å². The van der Waals surface area contributed by atoms with E-state index < -0.39 is 0 Å². The van der Waals surface area contributed by atoms with Gasteiger partial charge in [0.1, 0.15) is 4.99 Å². The van der Waals surface area contributed by atoms with Gasteiger partial charge in [0.05, 0.1) is 5.70 Å². The van der Waals surface area contributed by atoms with Crippen molar-refractivity contribution < 1.29 is 0 Å². The second kappa shape index (κ2) is 6.90. The summed E-state index contributed by atoms with van der Waals surface area (Å²) in [4.78, 5) is 7.67. The summed E-state index contributed by atoms with van der Waals surface area (Å²) in [5.74, 6) is 0.821. The summed E-state index contributed by atoms with van der Waals surface area (Å²) in [6.45, 7) is 10.6. The van der Waals surface area contributed by atoms with E-state index in [1.807, 2.05) is 13.1 Å². The average molecular weight is 252 g/mol. The third-order valence-electron chi connectivity index (χ3n) is 3.20. The summed E-state index contributed by atoms with van der Waals surface area (Å²) in [6.07, 6.45) is 5.70. The highest BCUT2D eigenvalue weighted by molar-refractivity contribution is 7.80. The van der Waals surface area contributed by atoms with Gasteiger partial charge in [0.15, 0.2) is 0 Å². The van der Waals surface area contributed by atoms with Gasteiger partial charge in [0.2, 0.25) is 0 Å². The predicted molar refractivity (Wildman–Crippen MR) is 79.7 cm³/mol. The monoisotopic (exact) mass is 252 g/mol. The summed E-state index contributed by atoms with van der Waals surface area (Å²) in [6, 6.07) is 0. The first kappa shape index (κ1) is 14.4. The Labute approximate surface area is 111 Å². The first-order valence-corrected chi connectivity index (χ1v) is 6.96. The van der Waals surface area contributed by atoms with Crippen molar-refractivity contribution >= 4 is 23.4 Å². The van der Waals surface area contributed by atoms with Gasteiger partial charge in [-0.3, -0.25) is 4.99 Å². The van der Waals surface area contributed by atoms with Crippen LogP contribution in [0.1, 0.15) is 47.0 Å². The van der Waals surface area contributed by atoms with Gasteiger partial charge in [0, 0.05) is 19.3 Å². The van der Waals surface area contributed by atoms with Crippen molar-refractivity contribution in [2.24, 2.45) is 10.9 Å². The molecule has 1 fully saturated rings. The summed E-state index contributed by atoms with van der Waals surface area (Å²) in [5.41, 5.74) is 2.19. The molecule has 0 aromatic rings. The quantitative estimate of drug-likeness (QED) is 0.429. The molecule has 17 heavy (non-hydrogen) atoms. The van der Waals surface area contributed by atoms with Crippen LogP contribution in [0.4, 0.5) is 0 Å². The van der Waals surface area contributed by atoms with Gasteiger partial charge < -0.3 is 4.90 Å². The zero-order valence-corrected chi connectivity index (χ0v) is 12.3. The molecular formula is C14H24N2S. The van der Waals surface area contributed by atoms with Crippen LogP contribution in [0.25, 0.3) is 0 Å². The number of allylic oxidation sites excluding steroid dienone is 1. The number of rotatable bonds is 4. The Balaban J connectivity index is 2.68. The zero-order valence-electron chi connectivity index (χ0n) is 11.5. The third kappa shape index (κ3) is 3.91. The Morgan fingerprint density at radius 3 is 2.71 bits per heavy atom. The molecule has 1 rings (SSSR count). The molecule has 0 bridgehead atoms. The lowest BCUT2D eigenvalue weighted by Crippen LogP contribution is -2.28. The lowest BCUT2D eigenvalue weighted by Gasteiger charge is -2.20. The minimum Gasteiger partial charge on any atom is -0.361 e. The summed E-state index contributed by atoms with van der Waals surface area (Å²) in [7, 11) is 0. The molecule has 0 aromatic heterocycles. The van der Waals surface area contributed by atoms with Crippen molar-refractivity contribution in [1.29, 1.82) is 0 Å². The fourth-order valence-electron chi connectivity index (χ4n) is 2.34. The van der Waals surface area contributed by atoms with Crippen LogP contribution in [0.15, 0.2) is 16.3 Å².